The van der Waals surface area contributed by atoms with Crippen LogP contribution in [0.4, 0.5) is 5.69 Å². The minimum atomic E-state index is -3.51. The molecule has 0 unspecified atom stereocenters. The molecule has 1 aromatic rings. The van der Waals surface area contributed by atoms with Crippen molar-refractivity contribution in [3.05, 3.63) is 22.7 Å². The van der Waals surface area contributed by atoms with Gasteiger partial charge in [0.15, 0.2) is 0 Å². The number of rotatable bonds is 6. The van der Waals surface area contributed by atoms with Crippen LogP contribution in [0.15, 0.2) is 27.6 Å². The van der Waals surface area contributed by atoms with Gasteiger partial charge in [0.2, 0.25) is 10.0 Å². The average Bonchev–Trinajstić information content (AvgIpc) is 2.33. The highest BCUT2D eigenvalue weighted by molar-refractivity contribution is 9.10. The van der Waals surface area contributed by atoms with Gasteiger partial charge in [0, 0.05) is 16.7 Å². The molecule has 1 aromatic carbocycles. The predicted molar refractivity (Wildman–Crippen MR) is 77.8 cm³/mol. The van der Waals surface area contributed by atoms with Crippen molar-refractivity contribution >= 4 is 31.6 Å². The van der Waals surface area contributed by atoms with E-state index >= 15 is 0 Å². The molecule has 0 saturated heterocycles. The molecule has 0 amide bonds. The van der Waals surface area contributed by atoms with Crippen molar-refractivity contribution in [1.82, 2.24) is 4.72 Å². The van der Waals surface area contributed by atoms with Crippen LogP contribution in [0.1, 0.15) is 26.7 Å². The highest BCUT2D eigenvalue weighted by atomic mass is 79.9. The number of nitrogens with two attached hydrogens (primary N) is 1. The van der Waals surface area contributed by atoms with E-state index in [-0.39, 0.29) is 4.90 Å². The molecule has 0 fully saturated rings. The van der Waals surface area contributed by atoms with Crippen LogP contribution in [0.25, 0.3) is 0 Å². The second-order valence-corrected chi connectivity index (χ2v) is 6.81. The van der Waals surface area contributed by atoms with Gasteiger partial charge in [0.25, 0.3) is 0 Å². The molecule has 0 bridgehead atoms. The fourth-order valence-corrected chi connectivity index (χ4v) is 3.72. The van der Waals surface area contributed by atoms with Gasteiger partial charge >= 0.3 is 0 Å². The van der Waals surface area contributed by atoms with Crippen LogP contribution in [-0.4, -0.2) is 15.0 Å². The van der Waals surface area contributed by atoms with E-state index in [4.69, 9.17) is 5.73 Å². The summed E-state index contributed by atoms with van der Waals surface area (Å²) in [5.41, 5.74) is 6.05. The Morgan fingerprint density at radius 3 is 2.50 bits per heavy atom. The maximum atomic E-state index is 12.1. The lowest BCUT2D eigenvalue weighted by atomic mass is 10.0. The van der Waals surface area contributed by atoms with Gasteiger partial charge in [-0.3, -0.25) is 0 Å². The van der Waals surface area contributed by atoms with Gasteiger partial charge in [-0.05, 0) is 40.0 Å². The normalized spacial score (nSPS) is 12.0. The van der Waals surface area contributed by atoms with E-state index in [0.717, 1.165) is 12.8 Å². The maximum absolute atomic E-state index is 12.1. The van der Waals surface area contributed by atoms with E-state index in [0.29, 0.717) is 22.6 Å². The van der Waals surface area contributed by atoms with Gasteiger partial charge in [0.05, 0.1) is 4.90 Å². The van der Waals surface area contributed by atoms with Gasteiger partial charge < -0.3 is 5.73 Å². The Hall–Kier alpha value is -0.590. The zero-order valence-electron chi connectivity index (χ0n) is 10.6. The number of nitrogen functional groups attached to an aromatic ring is 1. The molecule has 6 heteroatoms. The van der Waals surface area contributed by atoms with Crippen molar-refractivity contribution in [3.63, 3.8) is 0 Å². The summed E-state index contributed by atoms with van der Waals surface area (Å²) < 4.78 is 27.4. The number of hydrogen-bond donors (Lipinski definition) is 2. The number of halogens is 1. The molecular weight excluding hydrogens is 316 g/mol. The SMILES string of the molecule is CCC(CC)CNS(=O)(=O)c1cc(N)ccc1Br. The van der Waals surface area contributed by atoms with Crippen LogP contribution in [0, 0.1) is 5.92 Å². The first-order valence-electron chi connectivity index (χ1n) is 5.95. The highest BCUT2D eigenvalue weighted by Gasteiger charge is 2.18. The van der Waals surface area contributed by atoms with Crippen LogP contribution in [0.5, 0.6) is 0 Å². The first-order valence-corrected chi connectivity index (χ1v) is 8.23. The Balaban J connectivity index is 2.89. The molecule has 0 aliphatic rings. The summed E-state index contributed by atoms with van der Waals surface area (Å²) in [7, 11) is -3.51. The van der Waals surface area contributed by atoms with Crippen LogP contribution >= 0.6 is 15.9 Å². The second-order valence-electron chi connectivity index (χ2n) is 4.22. The lowest BCUT2D eigenvalue weighted by Crippen LogP contribution is -2.29. The van der Waals surface area contributed by atoms with Crippen LogP contribution < -0.4 is 10.5 Å². The van der Waals surface area contributed by atoms with Crippen molar-refractivity contribution in [2.75, 3.05) is 12.3 Å². The Bertz CT molecular complexity index is 499. The minimum Gasteiger partial charge on any atom is -0.399 e. The monoisotopic (exact) mass is 334 g/mol. The molecule has 0 aromatic heterocycles. The average molecular weight is 335 g/mol. The first-order chi connectivity index (χ1) is 8.40. The summed E-state index contributed by atoms with van der Waals surface area (Å²) >= 11 is 3.23. The lowest BCUT2D eigenvalue weighted by molar-refractivity contribution is 0.479. The van der Waals surface area contributed by atoms with Crippen molar-refractivity contribution in [2.24, 2.45) is 5.92 Å². The fraction of sp³-hybridized carbons (Fsp3) is 0.500. The summed E-state index contributed by atoms with van der Waals surface area (Å²) in [4.78, 5) is 0.188. The van der Waals surface area contributed by atoms with E-state index in [9.17, 15) is 8.42 Å². The molecule has 0 spiro atoms. The summed E-state index contributed by atoms with van der Waals surface area (Å²) in [6, 6.07) is 4.75. The topological polar surface area (TPSA) is 72.2 Å². The number of anilines is 1. The third kappa shape index (κ3) is 3.96. The van der Waals surface area contributed by atoms with E-state index < -0.39 is 10.0 Å². The molecule has 102 valence electrons. The molecule has 0 heterocycles. The van der Waals surface area contributed by atoms with Crippen LogP contribution in [0.3, 0.4) is 0 Å². The number of hydrogen-bond acceptors (Lipinski definition) is 3. The molecular formula is C12H19BrN2O2S. The van der Waals surface area contributed by atoms with E-state index in [1.54, 1.807) is 12.1 Å². The minimum absolute atomic E-state index is 0.188. The van der Waals surface area contributed by atoms with Gasteiger partial charge in [0.1, 0.15) is 0 Å². The summed E-state index contributed by atoms with van der Waals surface area (Å²) in [6.07, 6.45) is 1.91. The molecule has 0 atom stereocenters. The number of sulfonamides is 1. The molecule has 4 nitrogen and oxygen atoms in total. The predicted octanol–water partition coefficient (Wildman–Crippen LogP) is 2.75. The molecule has 1 rings (SSSR count). The number of benzene rings is 1. The Kier molecular flexibility index (Phi) is 5.62. The van der Waals surface area contributed by atoms with Crippen LogP contribution in [-0.2, 0) is 10.0 Å². The zero-order chi connectivity index (χ0) is 13.8. The van der Waals surface area contributed by atoms with Gasteiger partial charge in [-0.15, -0.1) is 0 Å². The van der Waals surface area contributed by atoms with Gasteiger partial charge in [-0.2, -0.15) is 0 Å². The Labute approximate surface area is 117 Å². The third-order valence-electron chi connectivity index (χ3n) is 2.96. The zero-order valence-corrected chi connectivity index (χ0v) is 13.0. The standard InChI is InChI=1S/C12H19BrN2O2S/c1-3-9(4-2)8-15-18(16,17)12-7-10(14)5-6-11(12)13/h5-7,9,15H,3-4,8,14H2,1-2H3. The van der Waals surface area contributed by atoms with Crippen molar-refractivity contribution in [1.29, 1.82) is 0 Å². The van der Waals surface area contributed by atoms with Crippen LogP contribution in [0.2, 0.25) is 0 Å². The maximum Gasteiger partial charge on any atom is 0.241 e. The van der Waals surface area contributed by atoms with Gasteiger partial charge in [-0.25, -0.2) is 13.1 Å². The summed E-state index contributed by atoms with van der Waals surface area (Å²) in [5, 5.41) is 0. The molecule has 0 radical (unpaired) electrons. The smallest absolute Gasteiger partial charge is 0.241 e. The number of nitrogens with one attached hydrogen (secondary N) is 1. The molecule has 0 aliphatic heterocycles. The first kappa shape index (κ1) is 15.5. The Morgan fingerprint density at radius 1 is 1.33 bits per heavy atom. The lowest BCUT2D eigenvalue weighted by Gasteiger charge is -2.14. The summed E-state index contributed by atoms with van der Waals surface area (Å²) in [5.74, 6) is 0.361. The molecule has 0 saturated carbocycles. The van der Waals surface area contributed by atoms with E-state index in [2.05, 4.69) is 34.5 Å². The largest absolute Gasteiger partial charge is 0.399 e. The third-order valence-corrected chi connectivity index (χ3v) is 5.38. The second kappa shape index (κ2) is 6.54. The molecule has 3 N–H and O–H groups in total. The highest BCUT2D eigenvalue weighted by Crippen LogP contribution is 2.24. The molecule has 0 aliphatic carbocycles. The van der Waals surface area contributed by atoms with Gasteiger partial charge in [-0.1, -0.05) is 26.7 Å². The quantitative estimate of drug-likeness (QED) is 0.785. The van der Waals surface area contributed by atoms with Crippen molar-refractivity contribution < 1.29 is 8.42 Å². The van der Waals surface area contributed by atoms with Crippen molar-refractivity contribution in [2.45, 2.75) is 31.6 Å². The van der Waals surface area contributed by atoms with E-state index in [1.165, 1.54) is 6.07 Å². The van der Waals surface area contributed by atoms with Crippen molar-refractivity contribution in [3.8, 4) is 0 Å². The summed E-state index contributed by atoms with van der Waals surface area (Å²) in [6.45, 7) is 4.56. The molecule has 18 heavy (non-hydrogen) atoms. The fourth-order valence-electron chi connectivity index (χ4n) is 1.61. The Morgan fingerprint density at radius 2 is 1.94 bits per heavy atom. The van der Waals surface area contributed by atoms with E-state index in [1.807, 2.05) is 0 Å².